The Bertz CT molecular complexity index is 793. The second-order valence-corrected chi connectivity index (χ2v) is 4.42. The van der Waals surface area contributed by atoms with Crippen molar-refractivity contribution in [1.29, 1.82) is 0 Å². The molecule has 0 saturated carbocycles. The molecule has 0 unspecified atom stereocenters. The number of rotatable bonds is 2. The lowest BCUT2D eigenvalue weighted by Gasteiger charge is -2.06. The Hall–Kier alpha value is -2.82. The summed E-state index contributed by atoms with van der Waals surface area (Å²) in [5.74, 6) is 1.36. The average Bonchev–Trinajstić information content (AvgIpc) is 2.82. The van der Waals surface area contributed by atoms with Crippen LogP contribution < -0.4 is 4.74 Å². The highest BCUT2D eigenvalue weighted by Crippen LogP contribution is 2.26. The van der Waals surface area contributed by atoms with Crippen LogP contribution in [0.1, 0.15) is 5.69 Å². The first kappa shape index (κ1) is 12.2. The van der Waals surface area contributed by atoms with Crippen molar-refractivity contribution < 1.29 is 14.6 Å². The van der Waals surface area contributed by atoms with Crippen molar-refractivity contribution in [3.63, 3.8) is 0 Å². The number of carbonyl (C=O) groups is 1. The summed E-state index contributed by atoms with van der Waals surface area (Å²) in [5, 5.41) is 9.85. The van der Waals surface area contributed by atoms with Crippen molar-refractivity contribution in [3.05, 3.63) is 54.5 Å². The highest BCUT2D eigenvalue weighted by atomic mass is 16.5. The van der Waals surface area contributed by atoms with E-state index >= 15 is 0 Å². The fourth-order valence-electron chi connectivity index (χ4n) is 2.07. The highest BCUT2D eigenvalue weighted by Gasteiger charge is 2.08. The third-order valence-electron chi connectivity index (χ3n) is 2.97. The van der Waals surface area contributed by atoms with Gasteiger partial charge in [-0.05, 0) is 37.3 Å². The zero-order valence-corrected chi connectivity index (χ0v) is 10.8. The van der Waals surface area contributed by atoms with Gasteiger partial charge in [-0.15, -0.1) is 0 Å². The van der Waals surface area contributed by atoms with E-state index < -0.39 is 6.09 Å². The second-order valence-electron chi connectivity index (χ2n) is 4.42. The molecule has 0 aliphatic carbocycles. The summed E-state index contributed by atoms with van der Waals surface area (Å²) in [4.78, 5) is 15.1. The first-order chi connectivity index (χ1) is 9.63. The summed E-state index contributed by atoms with van der Waals surface area (Å²) in [6, 6.07) is 10.6. The Labute approximate surface area is 115 Å². The molecule has 2 aromatic heterocycles. The van der Waals surface area contributed by atoms with Gasteiger partial charge < -0.3 is 9.84 Å². The molecule has 5 heteroatoms. The average molecular weight is 268 g/mol. The molecular formula is C15H12N2O3. The van der Waals surface area contributed by atoms with Crippen LogP contribution >= 0.6 is 0 Å². The maximum Gasteiger partial charge on any atom is 0.415 e. The number of carboxylic acid groups (broad SMARTS) is 1. The summed E-state index contributed by atoms with van der Waals surface area (Å²) in [6.07, 6.45) is 2.20. The van der Waals surface area contributed by atoms with E-state index in [4.69, 9.17) is 9.84 Å². The summed E-state index contributed by atoms with van der Waals surface area (Å²) >= 11 is 0. The Morgan fingerprint density at radius 2 is 2.00 bits per heavy atom. The lowest BCUT2D eigenvalue weighted by Crippen LogP contribution is -2.05. The lowest BCUT2D eigenvalue weighted by molar-refractivity contribution is 0.197. The number of nitrogens with zero attached hydrogens (tertiary/aromatic N) is 2. The van der Waals surface area contributed by atoms with Gasteiger partial charge in [0, 0.05) is 29.5 Å². The van der Waals surface area contributed by atoms with Crippen LogP contribution in [0.3, 0.4) is 0 Å². The van der Waals surface area contributed by atoms with E-state index in [1.165, 1.54) is 10.8 Å². The van der Waals surface area contributed by atoms with Crippen LogP contribution in [-0.2, 0) is 0 Å². The fourth-order valence-corrected chi connectivity index (χ4v) is 2.07. The van der Waals surface area contributed by atoms with Gasteiger partial charge in [0.15, 0.2) is 0 Å². The van der Waals surface area contributed by atoms with Gasteiger partial charge in [-0.3, -0.25) is 9.55 Å². The standard InChI is InChI=1S/C15H12N2O3/c1-10-8-13(4-6-16-10)20-12-2-3-14-11(9-12)5-7-17(14)15(18)19/h2-9H,1H3,(H,18,19). The van der Waals surface area contributed by atoms with Crippen molar-refractivity contribution in [2.24, 2.45) is 0 Å². The first-order valence-electron chi connectivity index (χ1n) is 6.08. The normalized spacial score (nSPS) is 10.7. The summed E-state index contributed by atoms with van der Waals surface area (Å²) in [6.45, 7) is 1.89. The molecule has 0 amide bonds. The fraction of sp³-hybridized carbons (Fsp3) is 0.0667. The minimum atomic E-state index is -1.00. The zero-order chi connectivity index (χ0) is 14.1. The molecule has 0 aliphatic rings. The van der Waals surface area contributed by atoms with Gasteiger partial charge in [0.1, 0.15) is 11.5 Å². The molecule has 2 heterocycles. The number of benzene rings is 1. The quantitative estimate of drug-likeness (QED) is 0.770. The van der Waals surface area contributed by atoms with Gasteiger partial charge in [-0.25, -0.2) is 4.79 Å². The monoisotopic (exact) mass is 268 g/mol. The second kappa shape index (κ2) is 4.70. The number of hydrogen-bond donors (Lipinski definition) is 1. The highest BCUT2D eigenvalue weighted by molar-refractivity contribution is 5.89. The van der Waals surface area contributed by atoms with Crippen LogP contribution in [0, 0.1) is 6.92 Å². The smallest absolute Gasteiger partial charge is 0.415 e. The van der Waals surface area contributed by atoms with Gasteiger partial charge in [0.2, 0.25) is 0 Å². The molecule has 0 fully saturated rings. The molecule has 20 heavy (non-hydrogen) atoms. The maximum atomic E-state index is 11.0. The minimum Gasteiger partial charge on any atom is -0.464 e. The molecule has 5 nitrogen and oxygen atoms in total. The van der Waals surface area contributed by atoms with Crippen LogP contribution in [0.4, 0.5) is 4.79 Å². The molecule has 0 aliphatic heterocycles. The largest absolute Gasteiger partial charge is 0.464 e. The predicted octanol–water partition coefficient (Wildman–Crippen LogP) is 3.66. The van der Waals surface area contributed by atoms with Crippen molar-refractivity contribution in [3.8, 4) is 11.5 Å². The van der Waals surface area contributed by atoms with Crippen molar-refractivity contribution >= 4 is 17.0 Å². The minimum absolute atomic E-state index is 0.635. The summed E-state index contributed by atoms with van der Waals surface area (Å²) in [5.41, 5.74) is 1.51. The van der Waals surface area contributed by atoms with Crippen LogP contribution in [0.2, 0.25) is 0 Å². The van der Waals surface area contributed by atoms with Gasteiger partial charge >= 0.3 is 6.09 Å². The molecule has 0 spiro atoms. The van der Waals surface area contributed by atoms with Crippen molar-refractivity contribution in [1.82, 2.24) is 9.55 Å². The Kier molecular flexibility index (Phi) is 2.87. The van der Waals surface area contributed by atoms with Crippen LogP contribution in [0.25, 0.3) is 10.9 Å². The van der Waals surface area contributed by atoms with Gasteiger partial charge in [-0.1, -0.05) is 0 Å². The molecule has 1 aromatic carbocycles. The maximum absolute atomic E-state index is 11.0. The molecule has 0 saturated heterocycles. The van der Waals surface area contributed by atoms with Crippen molar-refractivity contribution in [2.45, 2.75) is 6.92 Å². The van der Waals surface area contributed by atoms with Crippen LogP contribution in [-0.4, -0.2) is 20.8 Å². The van der Waals surface area contributed by atoms with E-state index in [1.807, 2.05) is 19.1 Å². The number of aromatic nitrogens is 2. The molecule has 1 N–H and O–H groups in total. The van der Waals surface area contributed by atoms with E-state index in [1.54, 1.807) is 30.5 Å². The molecule has 100 valence electrons. The number of hydrogen-bond acceptors (Lipinski definition) is 3. The number of fused-ring (bicyclic) bond motifs is 1. The van der Waals surface area contributed by atoms with Crippen LogP contribution in [0.5, 0.6) is 11.5 Å². The van der Waals surface area contributed by atoms with E-state index in [0.717, 1.165) is 11.1 Å². The molecular weight excluding hydrogens is 256 g/mol. The Morgan fingerprint density at radius 1 is 1.20 bits per heavy atom. The van der Waals surface area contributed by atoms with Gasteiger partial charge in [0.25, 0.3) is 0 Å². The first-order valence-corrected chi connectivity index (χ1v) is 6.08. The number of ether oxygens (including phenoxy) is 1. The molecule has 0 radical (unpaired) electrons. The third-order valence-corrected chi connectivity index (χ3v) is 2.97. The number of pyridine rings is 1. The van der Waals surface area contributed by atoms with Gasteiger partial charge in [-0.2, -0.15) is 0 Å². The third kappa shape index (κ3) is 2.21. The van der Waals surface area contributed by atoms with E-state index in [0.29, 0.717) is 17.0 Å². The number of aryl methyl sites for hydroxylation is 1. The zero-order valence-electron chi connectivity index (χ0n) is 10.8. The molecule has 0 bridgehead atoms. The molecule has 0 atom stereocenters. The SMILES string of the molecule is Cc1cc(Oc2ccc3c(ccn3C(=O)O)c2)ccn1. The summed E-state index contributed by atoms with van der Waals surface area (Å²) < 4.78 is 6.92. The molecule has 3 rings (SSSR count). The van der Waals surface area contributed by atoms with Crippen molar-refractivity contribution in [2.75, 3.05) is 0 Å². The topological polar surface area (TPSA) is 64.3 Å². The van der Waals surface area contributed by atoms with E-state index in [2.05, 4.69) is 4.98 Å². The molecule has 3 aromatic rings. The van der Waals surface area contributed by atoms with Crippen LogP contribution in [0.15, 0.2) is 48.8 Å². The predicted molar refractivity (Wildman–Crippen MR) is 74.4 cm³/mol. The van der Waals surface area contributed by atoms with E-state index in [9.17, 15) is 4.79 Å². The Balaban J connectivity index is 1.95. The van der Waals surface area contributed by atoms with Gasteiger partial charge in [0.05, 0.1) is 5.52 Å². The summed E-state index contributed by atoms with van der Waals surface area (Å²) in [7, 11) is 0. The lowest BCUT2D eigenvalue weighted by atomic mass is 10.2. The Morgan fingerprint density at radius 3 is 2.75 bits per heavy atom. The van der Waals surface area contributed by atoms with E-state index in [-0.39, 0.29) is 0 Å².